The van der Waals surface area contributed by atoms with E-state index in [-0.39, 0.29) is 5.91 Å². The molecule has 0 spiro atoms. The number of benzene rings is 2. The molecule has 0 aliphatic carbocycles. The maximum Gasteiger partial charge on any atom is 0.258 e. The summed E-state index contributed by atoms with van der Waals surface area (Å²) in [6.45, 7) is 2.73. The number of hydrogen-bond acceptors (Lipinski definition) is 4. The van der Waals surface area contributed by atoms with E-state index in [1.54, 1.807) is 12.1 Å². The molecule has 0 saturated carbocycles. The summed E-state index contributed by atoms with van der Waals surface area (Å²) < 4.78 is 6.56. The minimum Gasteiger partial charge on any atom is -0.494 e. The van der Waals surface area contributed by atoms with Gasteiger partial charge in [-0.05, 0) is 42.8 Å². The van der Waals surface area contributed by atoms with Crippen LogP contribution in [-0.4, -0.2) is 17.5 Å². The van der Waals surface area contributed by atoms with Gasteiger partial charge in [-0.1, -0.05) is 41.5 Å². The molecular formula is C17H14Cl2N2O2S. The van der Waals surface area contributed by atoms with Crippen LogP contribution in [0.5, 0.6) is 5.75 Å². The van der Waals surface area contributed by atoms with Gasteiger partial charge in [0.1, 0.15) is 5.75 Å². The second-order valence-corrected chi connectivity index (χ2v) is 6.95. The van der Waals surface area contributed by atoms with E-state index in [4.69, 9.17) is 27.9 Å². The Morgan fingerprint density at radius 3 is 2.83 bits per heavy atom. The van der Waals surface area contributed by atoms with Gasteiger partial charge in [-0.25, -0.2) is 4.98 Å². The normalized spacial score (nSPS) is 10.8. The van der Waals surface area contributed by atoms with Crippen molar-refractivity contribution in [2.45, 2.75) is 13.3 Å². The Hall–Kier alpha value is -1.82. The molecule has 24 heavy (non-hydrogen) atoms. The fraction of sp³-hybridized carbons (Fsp3) is 0.176. The summed E-state index contributed by atoms with van der Waals surface area (Å²) in [5.41, 5.74) is 1.16. The van der Waals surface area contributed by atoms with Gasteiger partial charge in [0.25, 0.3) is 5.91 Å². The number of fused-ring (bicyclic) bond motifs is 1. The smallest absolute Gasteiger partial charge is 0.258 e. The molecule has 2 aromatic carbocycles. The first kappa shape index (κ1) is 17.0. The Balaban J connectivity index is 1.80. The first-order valence-electron chi connectivity index (χ1n) is 7.36. The molecule has 0 bridgehead atoms. The van der Waals surface area contributed by atoms with Crippen LogP contribution in [0, 0.1) is 0 Å². The van der Waals surface area contributed by atoms with Crippen LogP contribution in [0.4, 0.5) is 5.13 Å². The predicted octanol–water partition coefficient (Wildman–Crippen LogP) is 5.64. The number of aromatic nitrogens is 1. The van der Waals surface area contributed by atoms with E-state index in [9.17, 15) is 4.79 Å². The van der Waals surface area contributed by atoms with Crippen molar-refractivity contribution >= 4 is 55.8 Å². The van der Waals surface area contributed by atoms with Crippen molar-refractivity contribution in [1.29, 1.82) is 0 Å². The maximum atomic E-state index is 12.3. The minimum absolute atomic E-state index is 0.302. The molecule has 0 aliphatic heterocycles. The number of nitrogens with one attached hydrogen (secondary N) is 1. The van der Waals surface area contributed by atoms with Gasteiger partial charge < -0.3 is 4.74 Å². The Kier molecular flexibility index (Phi) is 5.23. The number of halogens is 2. The van der Waals surface area contributed by atoms with E-state index in [1.165, 1.54) is 17.4 Å². The van der Waals surface area contributed by atoms with Gasteiger partial charge in [0.2, 0.25) is 0 Å². The Morgan fingerprint density at radius 1 is 1.25 bits per heavy atom. The quantitative estimate of drug-likeness (QED) is 0.622. The number of amides is 1. The first-order chi connectivity index (χ1) is 11.6. The molecule has 0 aliphatic rings. The number of ether oxygens (including phenoxy) is 1. The van der Waals surface area contributed by atoms with Crippen LogP contribution in [0.25, 0.3) is 10.2 Å². The molecule has 7 heteroatoms. The van der Waals surface area contributed by atoms with E-state index in [0.717, 1.165) is 22.4 Å². The molecule has 0 atom stereocenters. The van der Waals surface area contributed by atoms with Gasteiger partial charge in [-0.3, -0.25) is 10.1 Å². The molecule has 1 aromatic heterocycles. The third kappa shape index (κ3) is 3.80. The lowest BCUT2D eigenvalue weighted by atomic mass is 10.2. The Morgan fingerprint density at radius 2 is 2.08 bits per heavy atom. The van der Waals surface area contributed by atoms with Crippen molar-refractivity contribution < 1.29 is 9.53 Å². The number of hydrogen-bond donors (Lipinski definition) is 1. The van der Waals surface area contributed by atoms with Crippen molar-refractivity contribution in [3.8, 4) is 5.75 Å². The van der Waals surface area contributed by atoms with Gasteiger partial charge in [-0.2, -0.15) is 0 Å². The predicted molar refractivity (Wildman–Crippen MR) is 99.8 cm³/mol. The highest BCUT2D eigenvalue weighted by Gasteiger charge is 2.13. The number of anilines is 1. The van der Waals surface area contributed by atoms with Crippen molar-refractivity contribution in [3.63, 3.8) is 0 Å². The average Bonchev–Trinajstić information content (AvgIpc) is 2.94. The van der Waals surface area contributed by atoms with Crippen LogP contribution in [-0.2, 0) is 0 Å². The van der Waals surface area contributed by atoms with Crippen molar-refractivity contribution in [1.82, 2.24) is 4.98 Å². The van der Waals surface area contributed by atoms with E-state index >= 15 is 0 Å². The molecule has 0 saturated heterocycles. The maximum absolute atomic E-state index is 12.3. The summed E-state index contributed by atoms with van der Waals surface area (Å²) in [5.74, 6) is 0.477. The molecule has 1 heterocycles. The number of carbonyl (C=O) groups is 1. The molecule has 124 valence electrons. The monoisotopic (exact) mass is 380 g/mol. The lowest BCUT2D eigenvalue weighted by Gasteiger charge is -2.04. The summed E-state index contributed by atoms with van der Waals surface area (Å²) in [4.78, 5) is 16.7. The van der Waals surface area contributed by atoms with Crippen molar-refractivity contribution in [2.75, 3.05) is 11.9 Å². The zero-order chi connectivity index (χ0) is 17.1. The molecule has 0 unspecified atom stereocenters. The highest BCUT2D eigenvalue weighted by molar-refractivity contribution is 7.22. The van der Waals surface area contributed by atoms with Crippen molar-refractivity contribution in [2.24, 2.45) is 0 Å². The molecule has 3 rings (SSSR count). The number of rotatable bonds is 5. The summed E-state index contributed by atoms with van der Waals surface area (Å²) in [5, 5.41) is 4.06. The fourth-order valence-corrected chi connectivity index (χ4v) is 3.49. The van der Waals surface area contributed by atoms with Crippen LogP contribution >= 0.6 is 34.5 Å². The zero-order valence-electron chi connectivity index (χ0n) is 12.8. The topological polar surface area (TPSA) is 51.2 Å². The fourth-order valence-electron chi connectivity index (χ4n) is 2.11. The van der Waals surface area contributed by atoms with Crippen LogP contribution in [0.2, 0.25) is 10.0 Å². The van der Waals surface area contributed by atoms with E-state index in [0.29, 0.717) is 27.3 Å². The van der Waals surface area contributed by atoms with Crippen LogP contribution in [0.15, 0.2) is 36.4 Å². The van der Waals surface area contributed by atoms with E-state index in [1.807, 2.05) is 18.2 Å². The summed E-state index contributed by atoms with van der Waals surface area (Å²) in [7, 11) is 0. The van der Waals surface area contributed by atoms with E-state index in [2.05, 4.69) is 17.2 Å². The van der Waals surface area contributed by atoms with Gasteiger partial charge in [0.05, 0.1) is 27.4 Å². The van der Waals surface area contributed by atoms with Gasteiger partial charge in [-0.15, -0.1) is 0 Å². The van der Waals surface area contributed by atoms with Gasteiger partial charge in [0, 0.05) is 5.02 Å². The third-order valence-corrected chi connectivity index (χ3v) is 4.71. The molecule has 0 radical (unpaired) electrons. The number of carbonyl (C=O) groups excluding carboxylic acids is 1. The second kappa shape index (κ2) is 7.38. The summed E-state index contributed by atoms with van der Waals surface area (Å²) >= 11 is 13.3. The summed E-state index contributed by atoms with van der Waals surface area (Å²) in [6, 6.07) is 10.4. The number of nitrogens with zero attached hydrogens (tertiary/aromatic N) is 1. The Bertz CT molecular complexity index is 895. The number of thiazole rings is 1. The molecule has 3 aromatic rings. The molecule has 0 fully saturated rings. The van der Waals surface area contributed by atoms with Crippen LogP contribution < -0.4 is 10.1 Å². The van der Waals surface area contributed by atoms with Gasteiger partial charge >= 0.3 is 0 Å². The Labute approximate surface area is 153 Å². The molecule has 1 amide bonds. The first-order valence-corrected chi connectivity index (χ1v) is 8.94. The molecule has 4 nitrogen and oxygen atoms in total. The summed E-state index contributed by atoms with van der Waals surface area (Å²) in [6.07, 6.45) is 0.948. The average molecular weight is 381 g/mol. The molecule has 1 N–H and O–H groups in total. The highest BCUT2D eigenvalue weighted by Crippen LogP contribution is 2.30. The standard InChI is InChI=1S/C17H14Cl2N2O2S/c1-2-7-23-11-4-6-14-15(9-11)24-17(20-14)21-16(22)12-5-3-10(18)8-13(12)19/h3-6,8-9H,2,7H2,1H3,(H,20,21,22). The highest BCUT2D eigenvalue weighted by atomic mass is 35.5. The lowest BCUT2D eigenvalue weighted by molar-refractivity contribution is 0.102. The lowest BCUT2D eigenvalue weighted by Crippen LogP contribution is -2.12. The molecular weight excluding hydrogens is 367 g/mol. The zero-order valence-corrected chi connectivity index (χ0v) is 15.1. The SMILES string of the molecule is CCCOc1ccc2nc(NC(=O)c3ccc(Cl)cc3Cl)sc2c1. The van der Waals surface area contributed by atoms with E-state index < -0.39 is 0 Å². The van der Waals surface area contributed by atoms with Gasteiger partial charge in [0.15, 0.2) is 5.13 Å². The minimum atomic E-state index is -0.321. The largest absolute Gasteiger partial charge is 0.494 e. The van der Waals surface area contributed by atoms with Crippen molar-refractivity contribution in [3.05, 3.63) is 52.0 Å². The third-order valence-electron chi connectivity index (χ3n) is 3.23. The van der Waals surface area contributed by atoms with Crippen LogP contribution in [0.3, 0.4) is 0 Å². The second-order valence-electron chi connectivity index (χ2n) is 5.08. The van der Waals surface area contributed by atoms with Crippen LogP contribution in [0.1, 0.15) is 23.7 Å².